The first kappa shape index (κ1) is 20.5. The average molecular weight is 417 g/mol. The maximum Gasteiger partial charge on any atom is 0.335 e. The quantitative estimate of drug-likeness (QED) is 0.517. The van der Waals surface area contributed by atoms with Crippen LogP contribution in [-0.2, 0) is 11.2 Å². The molecule has 0 aliphatic carbocycles. The lowest BCUT2D eigenvalue weighted by Gasteiger charge is -2.20. The summed E-state index contributed by atoms with van der Waals surface area (Å²) in [5, 5.41) is 12.5. The van der Waals surface area contributed by atoms with Crippen molar-refractivity contribution < 1.29 is 24.2 Å². The number of carbonyl (C=O) groups is 2. The van der Waals surface area contributed by atoms with Gasteiger partial charge in [0, 0.05) is 18.5 Å². The van der Waals surface area contributed by atoms with Crippen molar-refractivity contribution in [2.24, 2.45) is 0 Å². The molecule has 0 aromatic heterocycles. The number of hydrogen-bond acceptors (Lipinski definition) is 5. The molecule has 0 radical (unpaired) electrons. The molecule has 3 aromatic carbocycles. The molecule has 0 unspecified atom stereocenters. The van der Waals surface area contributed by atoms with E-state index in [0.717, 1.165) is 16.8 Å². The second-order valence-electron chi connectivity index (χ2n) is 7.42. The molecule has 0 fully saturated rings. The lowest BCUT2D eigenvalue weighted by Crippen LogP contribution is -2.16. The number of hydrogen-bond donors (Lipinski definition) is 2. The fraction of sp³-hybridized carbons (Fsp3) is 0.200. The van der Waals surface area contributed by atoms with E-state index in [2.05, 4.69) is 5.32 Å². The Balaban J connectivity index is 1.50. The van der Waals surface area contributed by atoms with E-state index in [1.807, 2.05) is 48.5 Å². The van der Waals surface area contributed by atoms with Crippen LogP contribution in [-0.4, -0.2) is 23.7 Å². The molecule has 3 aromatic rings. The summed E-state index contributed by atoms with van der Waals surface area (Å²) >= 11 is 0. The first-order chi connectivity index (χ1) is 15.1. The average Bonchev–Trinajstić information content (AvgIpc) is 3.26. The van der Waals surface area contributed by atoms with Crippen molar-refractivity contribution >= 4 is 17.4 Å². The molecule has 1 atom stereocenters. The Morgan fingerprint density at radius 1 is 0.935 bits per heavy atom. The van der Waals surface area contributed by atoms with Crippen molar-refractivity contribution in [2.45, 2.75) is 25.3 Å². The number of fused-ring (bicyclic) bond motifs is 1. The van der Waals surface area contributed by atoms with Gasteiger partial charge >= 0.3 is 5.97 Å². The maximum atomic E-state index is 12.8. The SMILES string of the molecule is O=C(CCc1ccccc1)C[C@@H](Nc1ccc(C(=O)O)cc1)c1ccc2c(c1)OCO2. The Kier molecular flexibility index (Phi) is 6.17. The van der Waals surface area contributed by atoms with Gasteiger partial charge in [-0.05, 0) is 53.9 Å². The Morgan fingerprint density at radius 3 is 2.42 bits per heavy atom. The zero-order valence-electron chi connectivity index (χ0n) is 16.9. The van der Waals surface area contributed by atoms with Crippen molar-refractivity contribution in [3.63, 3.8) is 0 Å². The van der Waals surface area contributed by atoms with E-state index in [4.69, 9.17) is 14.6 Å². The van der Waals surface area contributed by atoms with Crippen molar-refractivity contribution in [3.05, 3.63) is 89.5 Å². The second kappa shape index (κ2) is 9.34. The molecule has 31 heavy (non-hydrogen) atoms. The monoisotopic (exact) mass is 417 g/mol. The molecule has 1 aliphatic heterocycles. The number of carboxylic acid groups (broad SMARTS) is 1. The van der Waals surface area contributed by atoms with E-state index in [-0.39, 0.29) is 24.2 Å². The topological polar surface area (TPSA) is 84.9 Å². The minimum Gasteiger partial charge on any atom is -0.478 e. The minimum atomic E-state index is -0.977. The van der Waals surface area contributed by atoms with Crippen LogP contribution in [0.5, 0.6) is 11.5 Å². The van der Waals surface area contributed by atoms with Gasteiger partial charge in [-0.1, -0.05) is 36.4 Å². The van der Waals surface area contributed by atoms with Crippen LogP contribution in [0.25, 0.3) is 0 Å². The van der Waals surface area contributed by atoms with Crippen LogP contribution in [0.4, 0.5) is 5.69 Å². The number of ether oxygens (including phenoxy) is 2. The molecule has 2 N–H and O–H groups in total. The van der Waals surface area contributed by atoms with Crippen LogP contribution in [0.2, 0.25) is 0 Å². The van der Waals surface area contributed by atoms with Crippen LogP contribution >= 0.6 is 0 Å². The van der Waals surface area contributed by atoms with Crippen LogP contribution in [0.3, 0.4) is 0 Å². The van der Waals surface area contributed by atoms with Gasteiger partial charge in [0.2, 0.25) is 6.79 Å². The molecular formula is C25H23NO5. The van der Waals surface area contributed by atoms with Crippen LogP contribution in [0.1, 0.15) is 40.4 Å². The van der Waals surface area contributed by atoms with Crippen LogP contribution in [0, 0.1) is 0 Å². The largest absolute Gasteiger partial charge is 0.478 e. The molecule has 6 nitrogen and oxygen atoms in total. The number of anilines is 1. The molecule has 0 amide bonds. The Labute approximate surface area is 180 Å². The van der Waals surface area contributed by atoms with Gasteiger partial charge in [0.05, 0.1) is 11.6 Å². The normalized spacial score (nSPS) is 12.9. The van der Waals surface area contributed by atoms with Gasteiger partial charge in [0.1, 0.15) is 5.78 Å². The van der Waals surface area contributed by atoms with E-state index < -0.39 is 5.97 Å². The van der Waals surface area contributed by atoms with E-state index in [9.17, 15) is 9.59 Å². The molecular weight excluding hydrogens is 394 g/mol. The summed E-state index contributed by atoms with van der Waals surface area (Å²) in [6, 6.07) is 21.8. The molecule has 0 saturated carbocycles. The summed E-state index contributed by atoms with van der Waals surface area (Å²) in [5.74, 6) is 0.502. The number of aromatic carboxylic acids is 1. The third kappa shape index (κ3) is 5.22. The van der Waals surface area contributed by atoms with Gasteiger partial charge in [-0.3, -0.25) is 4.79 Å². The van der Waals surface area contributed by atoms with E-state index in [0.29, 0.717) is 30.8 Å². The first-order valence-corrected chi connectivity index (χ1v) is 10.1. The molecule has 4 rings (SSSR count). The standard InChI is InChI=1S/C25H23NO5/c27-21(12-6-17-4-2-1-3-5-17)15-22(19-9-13-23-24(14-19)31-16-30-23)26-20-10-7-18(8-11-20)25(28)29/h1-5,7-11,13-14,22,26H,6,12,15-16H2,(H,28,29)/t22-/m1/s1. The summed E-state index contributed by atoms with van der Waals surface area (Å²) in [7, 11) is 0. The maximum absolute atomic E-state index is 12.8. The number of rotatable bonds is 9. The lowest BCUT2D eigenvalue weighted by atomic mass is 9.97. The van der Waals surface area contributed by atoms with Crippen molar-refractivity contribution in [1.82, 2.24) is 0 Å². The van der Waals surface area contributed by atoms with Crippen LogP contribution < -0.4 is 14.8 Å². The summed E-state index contributed by atoms with van der Waals surface area (Å²) < 4.78 is 10.9. The minimum absolute atomic E-state index is 0.140. The number of aryl methyl sites for hydroxylation is 1. The Morgan fingerprint density at radius 2 is 1.68 bits per heavy atom. The zero-order chi connectivity index (χ0) is 21.6. The highest BCUT2D eigenvalue weighted by molar-refractivity contribution is 5.88. The Hall–Kier alpha value is -3.80. The summed E-state index contributed by atoms with van der Waals surface area (Å²) in [4.78, 5) is 23.9. The zero-order valence-corrected chi connectivity index (χ0v) is 16.9. The van der Waals surface area contributed by atoms with E-state index >= 15 is 0 Å². The number of benzene rings is 3. The van der Waals surface area contributed by atoms with Gasteiger partial charge in [0.15, 0.2) is 11.5 Å². The molecule has 0 bridgehead atoms. The number of Topliss-reactive ketones (excluding diaryl/α,β-unsaturated/α-hetero) is 1. The first-order valence-electron chi connectivity index (χ1n) is 10.1. The van der Waals surface area contributed by atoms with Gasteiger partial charge < -0.3 is 19.9 Å². The summed E-state index contributed by atoms with van der Waals surface area (Å²) in [6.07, 6.45) is 1.44. The third-order valence-electron chi connectivity index (χ3n) is 5.24. The lowest BCUT2D eigenvalue weighted by molar-refractivity contribution is -0.119. The third-order valence-corrected chi connectivity index (χ3v) is 5.24. The predicted molar refractivity (Wildman–Crippen MR) is 117 cm³/mol. The summed E-state index contributed by atoms with van der Waals surface area (Å²) in [5.41, 5.74) is 2.99. The highest BCUT2D eigenvalue weighted by Gasteiger charge is 2.20. The van der Waals surface area contributed by atoms with E-state index in [1.54, 1.807) is 24.3 Å². The van der Waals surface area contributed by atoms with Crippen molar-refractivity contribution in [3.8, 4) is 11.5 Å². The fourth-order valence-corrected chi connectivity index (χ4v) is 3.55. The fourth-order valence-electron chi connectivity index (χ4n) is 3.55. The molecule has 0 spiro atoms. The second-order valence-corrected chi connectivity index (χ2v) is 7.42. The number of carbonyl (C=O) groups excluding carboxylic acids is 1. The predicted octanol–water partition coefficient (Wildman–Crippen LogP) is 4.86. The molecule has 6 heteroatoms. The Bertz CT molecular complexity index is 1060. The van der Waals surface area contributed by atoms with Gasteiger partial charge in [-0.15, -0.1) is 0 Å². The smallest absolute Gasteiger partial charge is 0.335 e. The van der Waals surface area contributed by atoms with Gasteiger partial charge in [-0.2, -0.15) is 0 Å². The molecule has 1 aliphatic rings. The van der Waals surface area contributed by atoms with Crippen molar-refractivity contribution in [2.75, 3.05) is 12.1 Å². The number of nitrogens with one attached hydrogen (secondary N) is 1. The van der Waals surface area contributed by atoms with Crippen molar-refractivity contribution in [1.29, 1.82) is 0 Å². The number of ketones is 1. The molecule has 1 heterocycles. The van der Waals surface area contributed by atoms with Gasteiger partial charge in [0.25, 0.3) is 0 Å². The highest BCUT2D eigenvalue weighted by atomic mass is 16.7. The van der Waals surface area contributed by atoms with Gasteiger partial charge in [-0.25, -0.2) is 4.79 Å². The molecule has 0 saturated heterocycles. The van der Waals surface area contributed by atoms with Crippen LogP contribution in [0.15, 0.2) is 72.8 Å². The summed E-state index contributed by atoms with van der Waals surface area (Å²) in [6.45, 7) is 0.184. The molecule has 158 valence electrons. The highest BCUT2D eigenvalue weighted by Crippen LogP contribution is 2.36. The van der Waals surface area contributed by atoms with E-state index in [1.165, 1.54) is 0 Å². The number of carboxylic acids is 1.